The molecule has 2 heterocycles. The number of likely N-dealkylation sites (tertiary alicyclic amines) is 1. The van der Waals surface area contributed by atoms with Crippen LogP contribution < -0.4 is 5.32 Å². The van der Waals surface area contributed by atoms with Crippen LogP contribution in [0.1, 0.15) is 0 Å². The summed E-state index contributed by atoms with van der Waals surface area (Å²) in [5.41, 5.74) is 0.734. The highest BCUT2D eigenvalue weighted by Gasteiger charge is 2.35. The lowest BCUT2D eigenvalue weighted by atomic mass is 10.1. The summed E-state index contributed by atoms with van der Waals surface area (Å²) >= 11 is 5.90. The van der Waals surface area contributed by atoms with E-state index in [0.717, 1.165) is 45.1 Å². The molecule has 6 heteroatoms. The van der Waals surface area contributed by atoms with Crippen LogP contribution in [-0.4, -0.2) is 61.3 Å². The molecule has 0 bridgehead atoms. The second-order valence-electron chi connectivity index (χ2n) is 5.15. The maximum atomic E-state index is 12.1. The van der Waals surface area contributed by atoms with Crippen LogP contribution >= 0.6 is 11.6 Å². The molecule has 0 unspecified atom stereocenters. The van der Waals surface area contributed by atoms with Gasteiger partial charge in [0.05, 0.1) is 13.2 Å². The van der Waals surface area contributed by atoms with Gasteiger partial charge in [0.25, 0.3) is 0 Å². The molecule has 1 aromatic rings. The molecule has 2 saturated heterocycles. The number of nitrogens with one attached hydrogen (secondary N) is 1. The topological polar surface area (TPSA) is 44.8 Å². The van der Waals surface area contributed by atoms with Crippen LogP contribution in [-0.2, 0) is 4.74 Å². The Morgan fingerprint density at radius 1 is 1.30 bits per heavy atom. The summed E-state index contributed by atoms with van der Waals surface area (Å²) in [6.07, 6.45) is 0. The first-order valence-electron chi connectivity index (χ1n) is 6.86. The van der Waals surface area contributed by atoms with Gasteiger partial charge in [-0.25, -0.2) is 4.79 Å². The van der Waals surface area contributed by atoms with Crippen molar-refractivity contribution in [1.29, 1.82) is 0 Å². The summed E-state index contributed by atoms with van der Waals surface area (Å²) in [6, 6.07) is 7.61. The number of rotatable bonds is 2. The Labute approximate surface area is 123 Å². The fourth-order valence-electron chi connectivity index (χ4n) is 2.56. The normalized spacial score (nSPS) is 20.6. The predicted molar refractivity (Wildman–Crippen MR) is 78.2 cm³/mol. The van der Waals surface area contributed by atoms with Crippen molar-refractivity contribution < 1.29 is 9.53 Å². The number of urea groups is 1. The smallest absolute Gasteiger partial charge is 0.321 e. The highest BCUT2D eigenvalue weighted by atomic mass is 35.5. The van der Waals surface area contributed by atoms with Crippen molar-refractivity contribution in [1.82, 2.24) is 9.80 Å². The molecule has 20 heavy (non-hydrogen) atoms. The van der Waals surface area contributed by atoms with Crippen molar-refractivity contribution in [2.45, 2.75) is 6.04 Å². The van der Waals surface area contributed by atoms with E-state index in [9.17, 15) is 4.79 Å². The lowest BCUT2D eigenvalue weighted by Crippen LogP contribution is -2.63. The number of anilines is 1. The highest BCUT2D eigenvalue weighted by Crippen LogP contribution is 2.19. The van der Waals surface area contributed by atoms with E-state index in [1.54, 1.807) is 12.1 Å². The molecule has 0 spiro atoms. The zero-order chi connectivity index (χ0) is 13.9. The summed E-state index contributed by atoms with van der Waals surface area (Å²) < 4.78 is 5.34. The number of carbonyl (C=O) groups excluding carboxylic acids is 1. The minimum Gasteiger partial charge on any atom is -0.379 e. The zero-order valence-corrected chi connectivity index (χ0v) is 12.0. The third-order valence-electron chi connectivity index (χ3n) is 3.79. The number of benzene rings is 1. The SMILES string of the molecule is O=C(Nc1cccc(Cl)c1)N1CC(N2CCOCC2)C1. The van der Waals surface area contributed by atoms with Gasteiger partial charge in [0.2, 0.25) is 0 Å². The maximum absolute atomic E-state index is 12.1. The molecule has 5 nitrogen and oxygen atoms in total. The molecule has 2 amide bonds. The van der Waals surface area contributed by atoms with E-state index in [4.69, 9.17) is 16.3 Å². The van der Waals surface area contributed by atoms with Gasteiger partial charge in [-0.1, -0.05) is 17.7 Å². The Bertz CT molecular complexity index is 485. The molecule has 0 atom stereocenters. The van der Waals surface area contributed by atoms with E-state index in [-0.39, 0.29) is 6.03 Å². The van der Waals surface area contributed by atoms with E-state index in [0.29, 0.717) is 11.1 Å². The van der Waals surface area contributed by atoms with Gasteiger partial charge >= 0.3 is 6.03 Å². The number of hydrogen-bond donors (Lipinski definition) is 1. The fraction of sp³-hybridized carbons (Fsp3) is 0.500. The van der Waals surface area contributed by atoms with Crippen molar-refractivity contribution in [3.05, 3.63) is 29.3 Å². The van der Waals surface area contributed by atoms with Gasteiger partial charge < -0.3 is 15.0 Å². The molecule has 2 fully saturated rings. The van der Waals surface area contributed by atoms with E-state index in [1.165, 1.54) is 0 Å². The number of nitrogens with zero attached hydrogens (tertiary/aromatic N) is 2. The van der Waals surface area contributed by atoms with Crippen molar-refractivity contribution in [3.8, 4) is 0 Å². The summed E-state index contributed by atoms with van der Waals surface area (Å²) in [7, 11) is 0. The Morgan fingerprint density at radius 2 is 2.05 bits per heavy atom. The molecule has 0 saturated carbocycles. The molecule has 2 aliphatic rings. The molecular weight excluding hydrogens is 278 g/mol. The zero-order valence-electron chi connectivity index (χ0n) is 11.2. The number of carbonyl (C=O) groups is 1. The molecule has 1 aromatic carbocycles. The predicted octanol–water partition coefficient (Wildman–Crippen LogP) is 1.89. The quantitative estimate of drug-likeness (QED) is 0.906. The number of halogens is 1. The standard InChI is InChI=1S/C14H18ClN3O2/c15-11-2-1-3-12(8-11)16-14(19)18-9-13(10-18)17-4-6-20-7-5-17/h1-3,8,13H,4-7,9-10H2,(H,16,19). The first-order chi connectivity index (χ1) is 9.72. The van der Waals surface area contributed by atoms with Gasteiger partial charge in [-0.05, 0) is 18.2 Å². The van der Waals surface area contributed by atoms with Gasteiger partial charge in [0.15, 0.2) is 0 Å². The lowest BCUT2D eigenvalue weighted by molar-refractivity contribution is -0.0189. The minimum atomic E-state index is -0.0585. The molecule has 2 aliphatic heterocycles. The molecule has 0 radical (unpaired) electrons. The van der Waals surface area contributed by atoms with Crippen molar-refractivity contribution in [2.24, 2.45) is 0 Å². The first kappa shape index (κ1) is 13.7. The number of ether oxygens (including phenoxy) is 1. The average molecular weight is 296 g/mol. The maximum Gasteiger partial charge on any atom is 0.321 e. The Kier molecular flexibility index (Phi) is 4.10. The molecule has 0 aromatic heterocycles. The summed E-state index contributed by atoms with van der Waals surface area (Å²) in [5.74, 6) is 0. The second kappa shape index (κ2) is 5.99. The van der Waals surface area contributed by atoms with Crippen LogP contribution in [0.5, 0.6) is 0 Å². The van der Waals surface area contributed by atoms with E-state index in [2.05, 4.69) is 10.2 Å². The summed E-state index contributed by atoms with van der Waals surface area (Å²) in [4.78, 5) is 16.3. The monoisotopic (exact) mass is 295 g/mol. The molecule has 0 aliphatic carbocycles. The highest BCUT2D eigenvalue weighted by molar-refractivity contribution is 6.30. The molecule has 3 rings (SSSR count). The van der Waals surface area contributed by atoms with Gasteiger partial charge in [0, 0.05) is 42.9 Å². The van der Waals surface area contributed by atoms with E-state index < -0.39 is 0 Å². The number of hydrogen-bond acceptors (Lipinski definition) is 3. The van der Waals surface area contributed by atoms with Crippen molar-refractivity contribution in [3.63, 3.8) is 0 Å². The number of amides is 2. The second-order valence-corrected chi connectivity index (χ2v) is 5.58. The lowest BCUT2D eigenvalue weighted by Gasteiger charge is -2.46. The van der Waals surface area contributed by atoms with Crippen LogP contribution in [0.3, 0.4) is 0 Å². The van der Waals surface area contributed by atoms with Crippen molar-refractivity contribution in [2.75, 3.05) is 44.7 Å². The number of morpholine rings is 1. The van der Waals surface area contributed by atoms with E-state index in [1.807, 2.05) is 17.0 Å². The van der Waals surface area contributed by atoms with Crippen LogP contribution in [0.25, 0.3) is 0 Å². The average Bonchev–Trinajstić information content (AvgIpc) is 2.38. The van der Waals surface area contributed by atoms with Gasteiger partial charge in [-0.3, -0.25) is 4.90 Å². The largest absolute Gasteiger partial charge is 0.379 e. The summed E-state index contributed by atoms with van der Waals surface area (Å²) in [6.45, 7) is 5.10. The molecule has 108 valence electrons. The Morgan fingerprint density at radius 3 is 2.75 bits per heavy atom. The van der Waals surface area contributed by atoms with E-state index >= 15 is 0 Å². The van der Waals surface area contributed by atoms with Gasteiger partial charge in [-0.2, -0.15) is 0 Å². The third kappa shape index (κ3) is 3.06. The van der Waals surface area contributed by atoms with Crippen LogP contribution in [0.15, 0.2) is 24.3 Å². The van der Waals surface area contributed by atoms with Crippen molar-refractivity contribution >= 4 is 23.3 Å². The molecular formula is C14H18ClN3O2. The Hall–Kier alpha value is -1.30. The fourth-order valence-corrected chi connectivity index (χ4v) is 2.75. The Balaban J connectivity index is 1.48. The molecule has 1 N–H and O–H groups in total. The summed E-state index contributed by atoms with van der Waals surface area (Å²) in [5, 5.41) is 3.49. The van der Waals surface area contributed by atoms with Gasteiger partial charge in [-0.15, -0.1) is 0 Å². The third-order valence-corrected chi connectivity index (χ3v) is 4.02. The van der Waals surface area contributed by atoms with Gasteiger partial charge in [0.1, 0.15) is 0 Å². The van der Waals surface area contributed by atoms with Crippen LogP contribution in [0.2, 0.25) is 5.02 Å². The van der Waals surface area contributed by atoms with Crippen LogP contribution in [0.4, 0.5) is 10.5 Å². The van der Waals surface area contributed by atoms with Crippen LogP contribution in [0, 0.1) is 0 Å². The first-order valence-corrected chi connectivity index (χ1v) is 7.23. The minimum absolute atomic E-state index is 0.0585.